The van der Waals surface area contributed by atoms with Crippen LogP contribution in [-0.4, -0.2) is 46.9 Å². The monoisotopic (exact) mass is 832 g/mol. The summed E-state index contributed by atoms with van der Waals surface area (Å²) in [5, 5.41) is 23.8. The number of carbonyl (C=O) groups excluding carboxylic acids is 2. The minimum absolute atomic E-state index is 0.0547. The Hall–Kier alpha value is -1.66. The minimum atomic E-state index is -0.793. The summed E-state index contributed by atoms with van der Waals surface area (Å²) in [6.45, 7) is 6.48. The highest BCUT2D eigenvalue weighted by Gasteiger charge is 2.24. The van der Waals surface area contributed by atoms with E-state index in [1.165, 1.54) is 167 Å². The first-order valence-electron chi connectivity index (χ1n) is 26.1. The van der Waals surface area contributed by atoms with E-state index < -0.39 is 18.2 Å². The largest absolute Gasteiger partial charge is 0.462 e. The summed E-state index contributed by atoms with van der Waals surface area (Å²) in [4.78, 5) is 26.1. The van der Waals surface area contributed by atoms with Gasteiger partial charge in [0.1, 0.15) is 6.10 Å². The number of hydrogen-bond acceptors (Lipinski definition) is 5. The van der Waals surface area contributed by atoms with E-state index in [-0.39, 0.29) is 24.9 Å². The van der Waals surface area contributed by atoms with Crippen LogP contribution in [-0.2, 0) is 14.3 Å². The molecule has 0 fully saturated rings. The first-order valence-corrected chi connectivity index (χ1v) is 26.1. The van der Waals surface area contributed by atoms with Gasteiger partial charge in [-0.25, -0.2) is 0 Å². The van der Waals surface area contributed by atoms with E-state index in [2.05, 4.69) is 50.4 Å². The molecule has 0 heterocycles. The van der Waals surface area contributed by atoms with Crippen molar-refractivity contribution in [2.75, 3.05) is 6.61 Å². The van der Waals surface area contributed by atoms with Gasteiger partial charge in [0.2, 0.25) is 5.91 Å². The van der Waals surface area contributed by atoms with Gasteiger partial charge in [-0.3, -0.25) is 9.59 Å². The van der Waals surface area contributed by atoms with Crippen molar-refractivity contribution in [1.82, 2.24) is 5.32 Å². The maximum atomic E-state index is 13.2. The van der Waals surface area contributed by atoms with Crippen LogP contribution in [0.3, 0.4) is 0 Å². The lowest BCUT2D eigenvalue weighted by Gasteiger charge is -2.24. The molecule has 0 spiro atoms. The Morgan fingerprint density at radius 1 is 0.475 bits per heavy atom. The van der Waals surface area contributed by atoms with E-state index in [0.29, 0.717) is 19.3 Å². The number of allylic oxidation sites excluding steroid dienone is 4. The maximum Gasteiger partial charge on any atom is 0.306 e. The summed E-state index contributed by atoms with van der Waals surface area (Å²) in [5.74, 6) is -0.511. The lowest BCUT2D eigenvalue weighted by molar-refractivity contribution is -0.151. The SMILES string of the molecule is CCCCCCCCC/C=C\CCCCCC(=O)OC(CCC/C=C\CCCCCCCCC)CC(=O)NC(CO)C(O)CCCCCCCCCCCCCCCC. The molecule has 6 nitrogen and oxygen atoms in total. The molecule has 0 aliphatic rings. The number of carbonyl (C=O) groups is 2. The molecule has 3 unspecified atom stereocenters. The smallest absolute Gasteiger partial charge is 0.306 e. The van der Waals surface area contributed by atoms with E-state index in [1.54, 1.807) is 0 Å². The zero-order valence-electron chi connectivity index (χ0n) is 39.7. The Balaban J connectivity index is 4.57. The van der Waals surface area contributed by atoms with Crippen LogP contribution >= 0.6 is 0 Å². The maximum absolute atomic E-state index is 13.2. The fraction of sp³-hybridized carbons (Fsp3) is 0.887. The molecule has 0 aromatic carbocycles. The third kappa shape index (κ3) is 42.8. The molecule has 6 heteroatoms. The fourth-order valence-corrected chi connectivity index (χ4v) is 8.01. The summed E-state index contributed by atoms with van der Waals surface area (Å²) in [6.07, 6.45) is 53.8. The second kappa shape index (κ2) is 47.4. The van der Waals surface area contributed by atoms with Gasteiger partial charge in [-0.15, -0.1) is 0 Å². The van der Waals surface area contributed by atoms with E-state index in [0.717, 1.165) is 64.2 Å². The van der Waals surface area contributed by atoms with Crippen LogP contribution in [0.5, 0.6) is 0 Å². The van der Waals surface area contributed by atoms with E-state index in [4.69, 9.17) is 4.74 Å². The van der Waals surface area contributed by atoms with Crippen molar-refractivity contribution in [3.05, 3.63) is 24.3 Å². The molecule has 0 aromatic heterocycles. The van der Waals surface area contributed by atoms with E-state index in [1.807, 2.05) is 0 Å². The van der Waals surface area contributed by atoms with Crippen LogP contribution in [0.4, 0.5) is 0 Å². The summed E-state index contributed by atoms with van der Waals surface area (Å²) < 4.78 is 5.90. The zero-order valence-corrected chi connectivity index (χ0v) is 39.7. The Bertz CT molecular complexity index is 935. The van der Waals surface area contributed by atoms with Crippen molar-refractivity contribution >= 4 is 11.9 Å². The molecule has 0 bridgehead atoms. The van der Waals surface area contributed by atoms with Crippen LogP contribution in [0.15, 0.2) is 24.3 Å². The standard InChI is InChI=1S/C53H101NO5/c1-4-7-10-13-16-19-22-25-27-30-33-36-39-42-45-51(56)50(48-55)54-52(57)47-49(44-41-38-35-32-29-24-21-18-15-12-9-6-3)59-53(58)46-43-40-37-34-31-28-26-23-20-17-14-11-8-5-2/h28,31-32,35,49-51,55-56H,4-27,29-30,33-34,36-48H2,1-3H3,(H,54,57)/b31-28-,35-32-. The minimum Gasteiger partial charge on any atom is -0.462 e. The van der Waals surface area contributed by atoms with Crippen LogP contribution in [0, 0.1) is 0 Å². The van der Waals surface area contributed by atoms with Gasteiger partial charge < -0.3 is 20.3 Å². The van der Waals surface area contributed by atoms with Crippen molar-refractivity contribution in [2.45, 2.75) is 296 Å². The summed E-state index contributed by atoms with van der Waals surface area (Å²) in [5.41, 5.74) is 0. The second-order valence-electron chi connectivity index (χ2n) is 17.9. The van der Waals surface area contributed by atoms with Gasteiger partial charge in [-0.05, 0) is 70.6 Å². The van der Waals surface area contributed by atoms with Gasteiger partial charge in [-0.2, -0.15) is 0 Å². The third-order valence-electron chi connectivity index (χ3n) is 12.0. The number of aliphatic hydroxyl groups is 2. The molecule has 0 aromatic rings. The average Bonchev–Trinajstić information content (AvgIpc) is 3.23. The van der Waals surface area contributed by atoms with Crippen molar-refractivity contribution in [1.29, 1.82) is 0 Å². The van der Waals surface area contributed by atoms with Gasteiger partial charge in [0.05, 0.1) is 25.2 Å². The lowest BCUT2D eigenvalue weighted by atomic mass is 10.0. The molecule has 59 heavy (non-hydrogen) atoms. The lowest BCUT2D eigenvalue weighted by Crippen LogP contribution is -2.46. The highest BCUT2D eigenvalue weighted by molar-refractivity contribution is 5.77. The summed E-state index contributed by atoms with van der Waals surface area (Å²) in [6, 6.07) is -0.708. The highest BCUT2D eigenvalue weighted by Crippen LogP contribution is 2.17. The Kier molecular flexibility index (Phi) is 46.1. The molecule has 3 N–H and O–H groups in total. The number of aliphatic hydroxyl groups excluding tert-OH is 2. The van der Waals surface area contributed by atoms with Gasteiger partial charge in [0.25, 0.3) is 0 Å². The molecular formula is C53H101NO5. The van der Waals surface area contributed by atoms with Crippen LogP contribution < -0.4 is 5.32 Å². The number of nitrogens with one attached hydrogen (secondary N) is 1. The van der Waals surface area contributed by atoms with Crippen molar-refractivity contribution in [3.63, 3.8) is 0 Å². The number of esters is 1. The van der Waals surface area contributed by atoms with E-state index >= 15 is 0 Å². The average molecular weight is 832 g/mol. The molecule has 0 saturated carbocycles. The van der Waals surface area contributed by atoms with Gasteiger partial charge in [0, 0.05) is 6.42 Å². The molecule has 1 amide bonds. The van der Waals surface area contributed by atoms with Crippen molar-refractivity contribution in [3.8, 4) is 0 Å². The number of unbranched alkanes of at least 4 members (excludes halogenated alkanes) is 31. The number of ether oxygens (including phenoxy) is 1. The molecule has 0 saturated heterocycles. The number of hydrogen-bond donors (Lipinski definition) is 3. The van der Waals surface area contributed by atoms with Crippen molar-refractivity contribution in [2.24, 2.45) is 0 Å². The van der Waals surface area contributed by atoms with Crippen LogP contribution in [0.25, 0.3) is 0 Å². The molecule has 348 valence electrons. The third-order valence-corrected chi connectivity index (χ3v) is 12.0. The Morgan fingerprint density at radius 2 is 0.831 bits per heavy atom. The predicted molar refractivity (Wildman–Crippen MR) is 255 cm³/mol. The summed E-state index contributed by atoms with van der Waals surface area (Å²) >= 11 is 0. The number of rotatable bonds is 47. The zero-order chi connectivity index (χ0) is 43.1. The first-order chi connectivity index (χ1) is 29.0. The molecule has 0 aliphatic carbocycles. The first kappa shape index (κ1) is 57.3. The molecule has 0 rings (SSSR count). The van der Waals surface area contributed by atoms with Gasteiger partial charge in [-0.1, -0.05) is 218 Å². The molecule has 0 radical (unpaired) electrons. The topological polar surface area (TPSA) is 95.9 Å². The predicted octanol–water partition coefficient (Wildman–Crippen LogP) is 15.5. The molecule has 3 atom stereocenters. The second-order valence-corrected chi connectivity index (χ2v) is 17.9. The summed E-state index contributed by atoms with van der Waals surface area (Å²) in [7, 11) is 0. The Morgan fingerprint density at radius 3 is 1.24 bits per heavy atom. The van der Waals surface area contributed by atoms with Crippen LogP contribution in [0.2, 0.25) is 0 Å². The van der Waals surface area contributed by atoms with Gasteiger partial charge >= 0.3 is 5.97 Å². The van der Waals surface area contributed by atoms with Crippen LogP contribution in [0.1, 0.15) is 278 Å². The van der Waals surface area contributed by atoms with Crippen molar-refractivity contribution < 1.29 is 24.5 Å². The number of amides is 1. The quantitative estimate of drug-likeness (QED) is 0.0322. The molecular weight excluding hydrogens is 731 g/mol. The highest BCUT2D eigenvalue weighted by atomic mass is 16.5. The normalized spacial score (nSPS) is 13.4. The van der Waals surface area contributed by atoms with E-state index in [9.17, 15) is 19.8 Å². The molecule has 0 aliphatic heterocycles. The fourth-order valence-electron chi connectivity index (χ4n) is 8.01. The Labute approximate surface area is 367 Å². The van der Waals surface area contributed by atoms with Gasteiger partial charge in [0.15, 0.2) is 0 Å².